The summed E-state index contributed by atoms with van der Waals surface area (Å²) in [6.07, 6.45) is 40.0. The van der Waals surface area contributed by atoms with E-state index in [9.17, 15) is 14.2 Å². The van der Waals surface area contributed by atoms with Crippen LogP contribution in [0.3, 0.4) is 0 Å². The van der Waals surface area contributed by atoms with E-state index in [4.69, 9.17) is 24.0 Å². The summed E-state index contributed by atoms with van der Waals surface area (Å²) in [7, 11) is -4.78. The van der Waals surface area contributed by atoms with Crippen molar-refractivity contribution in [1.82, 2.24) is 0 Å². The molecule has 0 saturated carbocycles. The van der Waals surface area contributed by atoms with Crippen LogP contribution in [0.25, 0.3) is 0 Å². The molecule has 1 heterocycles. The van der Waals surface area contributed by atoms with Gasteiger partial charge in [0.2, 0.25) is 0 Å². The average Bonchev–Trinajstić information content (AvgIpc) is 3.83. The van der Waals surface area contributed by atoms with Gasteiger partial charge in [-0.1, -0.05) is 146 Å². The summed E-state index contributed by atoms with van der Waals surface area (Å²) >= 11 is 0. The lowest BCUT2D eigenvalue weighted by atomic mass is 10.0. The molecule has 1 saturated heterocycles. The lowest BCUT2D eigenvalue weighted by Crippen LogP contribution is -2.29. The van der Waals surface area contributed by atoms with Crippen LogP contribution in [0.1, 0.15) is 149 Å². The van der Waals surface area contributed by atoms with Gasteiger partial charge >= 0.3 is 19.8 Å². The van der Waals surface area contributed by atoms with Gasteiger partial charge in [-0.05, 0) is 57.3 Å². The van der Waals surface area contributed by atoms with Crippen molar-refractivity contribution >= 4 is 19.8 Å². The molecule has 9 nitrogen and oxygen atoms in total. The molecular formula is C41H69O9P. The van der Waals surface area contributed by atoms with Crippen molar-refractivity contribution in [3.8, 4) is 0 Å². The summed E-state index contributed by atoms with van der Waals surface area (Å²) < 4.78 is 31.9. The van der Waals surface area contributed by atoms with Crippen molar-refractivity contribution in [1.29, 1.82) is 0 Å². The molecule has 0 radical (unpaired) electrons. The molecule has 0 aromatic carbocycles. The maximum atomic E-state index is 12.4. The predicted octanol–water partition coefficient (Wildman–Crippen LogP) is 10.6. The van der Waals surface area contributed by atoms with E-state index in [-0.39, 0.29) is 19.4 Å². The molecule has 1 fully saturated rings. The van der Waals surface area contributed by atoms with Crippen LogP contribution in [0.4, 0.5) is 0 Å². The molecule has 1 aliphatic rings. The Morgan fingerprint density at radius 1 is 0.667 bits per heavy atom. The second kappa shape index (κ2) is 31.3. The molecule has 0 amide bonds. The molecule has 0 aromatic heterocycles. The van der Waals surface area contributed by atoms with Crippen molar-refractivity contribution < 1.29 is 42.7 Å². The fourth-order valence-corrected chi connectivity index (χ4v) is 5.75. The van der Waals surface area contributed by atoms with Crippen molar-refractivity contribution in [2.24, 2.45) is 5.92 Å². The molecule has 1 aliphatic heterocycles. The largest absolute Gasteiger partial charge is 0.469 e. The Bertz CT molecular complexity index is 1090. The maximum absolute atomic E-state index is 12.4. The van der Waals surface area contributed by atoms with Crippen LogP contribution in [-0.2, 0) is 32.9 Å². The normalized spacial score (nSPS) is 17.2. The van der Waals surface area contributed by atoms with Gasteiger partial charge in [-0.25, -0.2) is 4.57 Å². The van der Waals surface area contributed by atoms with Crippen LogP contribution in [0.2, 0.25) is 0 Å². The average molecular weight is 737 g/mol. The highest BCUT2D eigenvalue weighted by atomic mass is 31.2. The number of phosphoric ester groups is 1. The Labute approximate surface area is 309 Å². The molecule has 1 rings (SSSR count). The molecule has 2 N–H and O–H groups in total. The number of allylic oxidation sites excluding steroid dienone is 8. The third kappa shape index (κ3) is 32.1. The Balaban J connectivity index is 2.14. The topological polar surface area (TPSA) is 132 Å². The smallest absolute Gasteiger partial charge is 0.462 e. The first-order valence-electron chi connectivity index (χ1n) is 19.6. The van der Waals surface area contributed by atoms with Gasteiger partial charge in [-0.15, -0.1) is 0 Å². The van der Waals surface area contributed by atoms with Crippen LogP contribution in [0.15, 0.2) is 60.8 Å². The molecule has 292 valence electrons. The first-order valence-corrected chi connectivity index (χ1v) is 21.1. The van der Waals surface area contributed by atoms with Crippen LogP contribution in [0, 0.1) is 5.92 Å². The number of hydrogen-bond donors (Lipinski definition) is 2. The van der Waals surface area contributed by atoms with Gasteiger partial charge in [0.1, 0.15) is 6.61 Å². The minimum absolute atomic E-state index is 0.0817. The van der Waals surface area contributed by atoms with Gasteiger partial charge < -0.3 is 24.0 Å². The summed E-state index contributed by atoms with van der Waals surface area (Å²) in [6, 6.07) is 0. The van der Waals surface area contributed by atoms with Gasteiger partial charge in [0.05, 0.1) is 18.8 Å². The van der Waals surface area contributed by atoms with E-state index in [1.54, 1.807) is 0 Å². The molecule has 0 bridgehead atoms. The minimum Gasteiger partial charge on any atom is -0.462 e. The highest BCUT2D eigenvalue weighted by Gasteiger charge is 2.35. The van der Waals surface area contributed by atoms with Crippen LogP contribution >= 0.6 is 7.82 Å². The standard InChI is InChI=1S/C41H69O9P/c1-4-5-24-30-38-39(50-38)31-26-21-17-13-8-6-7-9-15-19-23-28-33-41(43)49-37(35-48-51(44,45)46)34-47-40(42)32-27-22-18-14-11-10-12-16-20-25-29-36(2)3/h5,7-9,13,19,21,23-24,26,36-39H,4,6,10-12,14-18,20,22,25,27-35H2,1-3H3,(H2,44,45,46)/b9-7-,13-8-,23-19-,24-5-,26-21-/t37-,38?,39?/m1/s1. The lowest BCUT2D eigenvalue weighted by Gasteiger charge is -2.18. The number of rotatable bonds is 33. The van der Waals surface area contributed by atoms with E-state index >= 15 is 0 Å². The number of phosphoric acid groups is 1. The van der Waals surface area contributed by atoms with Crippen molar-refractivity contribution in [2.75, 3.05) is 13.2 Å². The summed E-state index contributed by atoms with van der Waals surface area (Å²) in [4.78, 5) is 42.7. The number of esters is 2. The first kappa shape index (κ1) is 46.7. The molecule has 0 aliphatic carbocycles. The number of hydrogen-bond acceptors (Lipinski definition) is 7. The van der Waals surface area contributed by atoms with E-state index in [0.29, 0.717) is 25.0 Å². The van der Waals surface area contributed by atoms with Crippen molar-refractivity contribution in [2.45, 2.75) is 167 Å². The number of carbonyl (C=O) groups excluding carboxylic acids is 2. The quantitative estimate of drug-likeness (QED) is 0.0222. The maximum Gasteiger partial charge on any atom is 0.469 e. The number of ether oxygens (including phenoxy) is 3. The monoisotopic (exact) mass is 736 g/mol. The highest BCUT2D eigenvalue weighted by Crippen LogP contribution is 2.36. The fraction of sp³-hybridized carbons (Fsp3) is 0.707. The van der Waals surface area contributed by atoms with E-state index in [2.05, 4.69) is 73.9 Å². The molecular weight excluding hydrogens is 667 g/mol. The summed E-state index contributed by atoms with van der Waals surface area (Å²) in [6.45, 7) is 5.79. The second-order valence-electron chi connectivity index (χ2n) is 13.7. The van der Waals surface area contributed by atoms with E-state index < -0.39 is 32.5 Å². The van der Waals surface area contributed by atoms with Gasteiger partial charge in [-0.2, -0.15) is 0 Å². The van der Waals surface area contributed by atoms with Gasteiger partial charge in [0.15, 0.2) is 6.10 Å². The Kier molecular flexibility index (Phi) is 28.6. The zero-order chi connectivity index (χ0) is 37.4. The predicted molar refractivity (Wildman–Crippen MR) is 206 cm³/mol. The number of carbonyl (C=O) groups is 2. The SMILES string of the molecule is CC/C=C\CC1OC1C/C=C\C/C=C\C/C=C\C/C=C\CCC(=O)O[C@H](COC(=O)CCCCCCCCCCCCC(C)C)COP(=O)(O)O. The van der Waals surface area contributed by atoms with E-state index in [0.717, 1.165) is 63.7 Å². The zero-order valence-corrected chi connectivity index (χ0v) is 32.7. The summed E-state index contributed by atoms with van der Waals surface area (Å²) in [5.41, 5.74) is 0. The van der Waals surface area contributed by atoms with Crippen LogP contribution in [0.5, 0.6) is 0 Å². The van der Waals surface area contributed by atoms with Crippen LogP contribution < -0.4 is 0 Å². The molecule has 2 unspecified atom stereocenters. The minimum atomic E-state index is -4.78. The Morgan fingerprint density at radius 2 is 1.18 bits per heavy atom. The zero-order valence-electron chi connectivity index (χ0n) is 31.8. The second-order valence-corrected chi connectivity index (χ2v) is 15.0. The summed E-state index contributed by atoms with van der Waals surface area (Å²) in [5, 5.41) is 0. The van der Waals surface area contributed by atoms with Crippen molar-refractivity contribution in [3.05, 3.63) is 60.8 Å². The molecule has 10 heteroatoms. The lowest BCUT2D eigenvalue weighted by molar-refractivity contribution is -0.161. The van der Waals surface area contributed by atoms with E-state index in [1.165, 1.54) is 44.9 Å². The van der Waals surface area contributed by atoms with Crippen molar-refractivity contribution in [3.63, 3.8) is 0 Å². The van der Waals surface area contributed by atoms with Crippen LogP contribution in [-0.4, -0.2) is 53.3 Å². The van der Waals surface area contributed by atoms with E-state index in [1.807, 2.05) is 12.2 Å². The van der Waals surface area contributed by atoms with Gasteiger partial charge in [0.25, 0.3) is 0 Å². The fourth-order valence-electron chi connectivity index (χ4n) is 5.39. The van der Waals surface area contributed by atoms with Gasteiger partial charge in [-0.3, -0.25) is 14.1 Å². The van der Waals surface area contributed by atoms with Gasteiger partial charge in [0, 0.05) is 12.8 Å². The third-order valence-corrected chi connectivity index (χ3v) is 8.88. The third-order valence-electron chi connectivity index (χ3n) is 8.39. The molecule has 0 spiro atoms. The number of epoxide rings is 1. The molecule has 0 aromatic rings. The first-order chi connectivity index (χ1) is 24.6. The Hall–Kier alpha value is -2.29. The molecule has 3 atom stereocenters. The summed E-state index contributed by atoms with van der Waals surface area (Å²) in [5.74, 6) is -0.197. The highest BCUT2D eigenvalue weighted by molar-refractivity contribution is 7.46. The number of unbranched alkanes of at least 4 members (excludes halogenated alkanes) is 9. The molecule has 51 heavy (non-hydrogen) atoms. The Morgan fingerprint density at radius 3 is 1.73 bits per heavy atom.